The first-order valence-electron chi connectivity index (χ1n) is 5.48. The maximum atomic E-state index is 4.33. The van der Waals surface area contributed by atoms with Crippen LogP contribution in [0.15, 0.2) is 0 Å². The third kappa shape index (κ3) is 1.10. The fraction of sp³-hybridized carbons (Fsp3) is 0.800. The second kappa shape index (κ2) is 3.05. The van der Waals surface area contributed by atoms with E-state index in [1.807, 2.05) is 0 Å². The van der Waals surface area contributed by atoms with Crippen LogP contribution in [0.1, 0.15) is 42.9 Å². The van der Waals surface area contributed by atoms with E-state index in [0.717, 1.165) is 18.9 Å². The predicted octanol–water partition coefficient (Wildman–Crippen LogP) is 0.998. The van der Waals surface area contributed by atoms with Gasteiger partial charge < -0.3 is 9.88 Å². The smallest absolute Gasteiger partial charge is 0.136 e. The van der Waals surface area contributed by atoms with Gasteiger partial charge in [-0.05, 0) is 19.8 Å². The minimum atomic E-state index is 0.612. The van der Waals surface area contributed by atoms with Crippen LogP contribution in [0.3, 0.4) is 0 Å². The Balaban J connectivity index is 1.93. The Bertz CT molecular complexity index is 336. The summed E-state index contributed by atoms with van der Waals surface area (Å²) in [6.45, 7) is 4.23. The summed E-state index contributed by atoms with van der Waals surface area (Å²) >= 11 is 0. The second-order valence-corrected chi connectivity index (χ2v) is 4.42. The molecule has 14 heavy (non-hydrogen) atoms. The Labute approximate surface area is 83.7 Å². The summed E-state index contributed by atoms with van der Waals surface area (Å²) in [5.74, 6) is 3.01. The molecule has 76 valence electrons. The molecule has 0 unspecified atom stereocenters. The van der Waals surface area contributed by atoms with Gasteiger partial charge in [0, 0.05) is 19.0 Å². The van der Waals surface area contributed by atoms with Crippen LogP contribution in [0.5, 0.6) is 0 Å². The van der Waals surface area contributed by atoms with Gasteiger partial charge in [0.2, 0.25) is 0 Å². The molecule has 0 aromatic carbocycles. The van der Waals surface area contributed by atoms with Gasteiger partial charge in [0.1, 0.15) is 11.6 Å². The van der Waals surface area contributed by atoms with Crippen LogP contribution in [0.25, 0.3) is 0 Å². The highest BCUT2D eigenvalue weighted by Gasteiger charge is 2.30. The molecular weight excluding hydrogens is 176 g/mol. The SMILES string of the molecule is Cc1nnc(C2CCC2)n1C1CNC1. The topological polar surface area (TPSA) is 42.7 Å². The quantitative estimate of drug-likeness (QED) is 0.760. The molecule has 1 aliphatic heterocycles. The normalized spacial score (nSPS) is 23.2. The van der Waals surface area contributed by atoms with Gasteiger partial charge >= 0.3 is 0 Å². The van der Waals surface area contributed by atoms with Crippen LogP contribution in [0.2, 0.25) is 0 Å². The Kier molecular flexibility index (Phi) is 1.83. The summed E-state index contributed by atoms with van der Waals surface area (Å²) in [5, 5.41) is 11.8. The summed E-state index contributed by atoms with van der Waals surface area (Å²) in [5.41, 5.74) is 0. The largest absolute Gasteiger partial charge is 0.313 e. The molecule has 0 bridgehead atoms. The number of hydrogen-bond acceptors (Lipinski definition) is 3. The van der Waals surface area contributed by atoms with E-state index in [4.69, 9.17) is 0 Å². The molecule has 2 aliphatic rings. The molecule has 3 rings (SSSR count). The number of aromatic nitrogens is 3. The van der Waals surface area contributed by atoms with Gasteiger partial charge in [-0.25, -0.2) is 0 Å². The molecule has 1 saturated carbocycles. The molecule has 0 radical (unpaired) electrons. The average Bonchev–Trinajstić information content (AvgIpc) is 2.29. The number of aryl methyl sites for hydroxylation is 1. The van der Waals surface area contributed by atoms with Crippen LogP contribution in [0, 0.1) is 6.92 Å². The van der Waals surface area contributed by atoms with Gasteiger partial charge in [-0.2, -0.15) is 0 Å². The first kappa shape index (κ1) is 8.41. The van der Waals surface area contributed by atoms with Crippen molar-refractivity contribution < 1.29 is 0 Å². The van der Waals surface area contributed by atoms with E-state index in [1.165, 1.54) is 25.1 Å². The van der Waals surface area contributed by atoms with Gasteiger partial charge in [-0.15, -0.1) is 10.2 Å². The molecular formula is C10H16N4. The minimum absolute atomic E-state index is 0.612. The van der Waals surface area contributed by atoms with Crippen molar-refractivity contribution in [2.75, 3.05) is 13.1 Å². The monoisotopic (exact) mass is 192 g/mol. The summed E-state index contributed by atoms with van der Waals surface area (Å²) in [4.78, 5) is 0. The number of nitrogens with zero attached hydrogens (tertiary/aromatic N) is 3. The van der Waals surface area contributed by atoms with Crippen LogP contribution in [-0.2, 0) is 0 Å². The molecule has 2 fully saturated rings. The maximum absolute atomic E-state index is 4.33. The van der Waals surface area contributed by atoms with Crippen LogP contribution in [-0.4, -0.2) is 27.9 Å². The standard InChI is InChI=1S/C10H16N4/c1-7-12-13-10(8-3-2-4-8)14(7)9-5-11-6-9/h8-9,11H,2-6H2,1H3. The molecule has 1 aromatic rings. The van der Waals surface area contributed by atoms with E-state index in [2.05, 4.69) is 27.0 Å². The van der Waals surface area contributed by atoms with Crippen molar-refractivity contribution in [3.63, 3.8) is 0 Å². The lowest BCUT2D eigenvalue weighted by atomic mass is 9.84. The molecule has 1 N–H and O–H groups in total. The number of rotatable bonds is 2. The lowest BCUT2D eigenvalue weighted by Crippen LogP contribution is -2.44. The Hall–Kier alpha value is -0.900. The Morgan fingerprint density at radius 1 is 1.29 bits per heavy atom. The van der Waals surface area contributed by atoms with Crippen molar-refractivity contribution in [2.45, 2.75) is 38.1 Å². The van der Waals surface area contributed by atoms with E-state index >= 15 is 0 Å². The first-order chi connectivity index (χ1) is 6.86. The Morgan fingerprint density at radius 2 is 2.07 bits per heavy atom. The molecule has 0 amide bonds. The third-order valence-corrected chi connectivity index (χ3v) is 3.49. The van der Waals surface area contributed by atoms with Gasteiger partial charge in [-0.3, -0.25) is 0 Å². The highest BCUT2D eigenvalue weighted by Crippen LogP contribution is 2.36. The van der Waals surface area contributed by atoms with Gasteiger partial charge in [0.25, 0.3) is 0 Å². The van der Waals surface area contributed by atoms with E-state index in [-0.39, 0.29) is 0 Å². The molecule has 1 saturated heterocycles. The highest BCUT2D eigenvalue weighted by atomic mass is 15.3. The van der Waals surface area contributed by atoms with Crippen LogP contribution < -0.4 is 5.32 Å². The van der Waals surface area contributed by atoms with Crippen molar-refractivity contribution in [3.05, 3.63) is 11.6 Å². The van der Waals surface area contributed by atoms with Gasteiger partial charge in [0.15, 0.2) is 0 Å². The summed E-state index contributed by atoms with van der Waals surface area (Å²) in [6, 6.07) is 0.612. The predicted molar refractivity (Wildman–Crippen MR) is 53.3 cm³/mol. The fourth-order valence-corrected chi connectivity index (χ4v) is 2.24. The lowest BCUT2D eigenvalue weighted by molar-refractivity contribution is 0.304. The summed E-state index contributed by atoms with van der Waals surface area (Å²) < 4.78 is 2.35. The summed E-state index contributed by atoms with van der Waals surface area (Å²) in [7, 11) is 0. The maximum Gasteiger partial charge on any atom is 0.136 e. The molecule has 2 heterocycles. The van der Waals surface area contributed by atoms with Crippen LogP contribution >= 0.6 is 0 Å². The summed E-state index contributed by atoms with van der Waals surface area (Å²) in [6.07, 6.45) is 3.97. The van der Waals surface area contributed by atoms with Gasteiger partial charge in [0.05, 0.1) is 6.04 Å². The van der Waals surface area contributed by atoms with E-state index in [0.29, 0.717) is 12.0 Å². The van der Waals surface area contributed by atoms with E-state index in [9.17, 15) is 0 Å². The number of hydrogen-bond donors (Lipinski definition) is 1. The molecule has 4 heteroatoms. The molecule has 4 nitrogen and oxygen atoms in total. The Morgan fingerprint density at radius 3 is 2.57 bits per heavy atom. The van der Waals surface area contributed by atoms with Crippen molar-refractivity contribution >= 4 is 0 Å². The average molecular weight is 192 g/mol. The molecule has 0 atom stereocenters. The van der Waals surface area contributed by atoms with Crippen LogP contribution in [0.4, 0.5) is 0 Å². The lowest BCUT2D eigenvalue weighted by Gasteiger charge is -2.33. The first-order valence-corrected chi connectivity index (χ1v) is 5.48. The molecule has 1 aliphatic carbocycles. The van der Waals surface area contributed by atoms with Gasteiger partial charge in [-0.1, -0.05) is 6.42 Å². The number of nitrogens with one attached hydrogen (secondary N) is 1. The van der Waals surface area contributed by atoms with E-state index in [1.54, 1.807) is 0 Å². The van der Waals surface area contributed by atoms with Crippen molar-refractivity contribution in [1.82, 2.24) is 20.1 Å². The zero-order valence-corrected chi connectivity index (χ0v) is 8.53. The molecule has 0 spiro atoms. The van der Waals surface area contributed by atoms with Crippen molar-refractivity contribution in [3.8, 4) is 0 Å². The van der Waals surface area contributed by atoms with Crippen molar-refractivity contribution in [1.29, 1.82) is 0 Å². The zero-order valence-electron chi connectivity index (χ0n) is 8.53. The second-order valence-electron chi connectivity index (χ2n) is 4.42. The minimum Gasteiger partial charge on any atom is -0.313 e. The fourth-order valence-electron chi connectivity index (χ4n) is 2.24. The zero-order chi connectivity index (χ0) is 9.54. The van der Waals surface area contributed by atoms with E-state index < -0.39 is 0 Å². The molecule has 1 aromatic heterocycles. The third-order valence-electron chi connectivity index (χ3n) is 3.49. The van der Waals surface area contributed by atoms with Crippen molar-refractivity contribution in [2.24, 2.45) is 0 Å². The highest BCUT2D eigenvalue weighted by molar-refractivity contribution is 5.08.